The number of hydrogen-bond acceptors (Lipinski definition) is 5. The molecule has 6 nitrogen and oxygen atoms in total. The Morgan fingerprint density at radius 1 is 1.16 bits per heavy atom. The highest BCUT2D eigenvalue weighted by Crippen LogP contribution is 2.26. The van der Waals surface area contributed by atoms with E-state index in [9.17, 15) is 4.79 Å². The summed E-state index contributed by atoms with van der Waals surface area (Å²) < 4.78 is 11.3. The summed E-state index contributed by atoms with van der Waals surface area (Å²) in [5.41, 5.74) is 1.95. The van der Waals surface area contributed by atoms with Crippen LogP contribution in [0.4, 0.5) is 0 Å². The number of nitrogens with zero attached hydrogens (tertiary/aromatic N) is 3. The highest BCUT2D eigenvalue weighted by Gasteiger charge is 2.24. The zero-order valence-corrected chi connectivity index (χ0v) is 19.3. The van der Waals surface area contributed by atoms with Crippen molar-refractivity contribution in [1.29, 1.82) is 0 Å². The first-order valence-corrected chi connectivity index (χ1v) is 10.7. The standard InChI is InChI=1S/C24H28ClN3O3/c1-6-20(30-17-13-11-16(12-14-17)24(2,3)4)23(29)28(5)15-21-26-22(27-31-21)18-9-7-8-10-19(18)25/h7-14,20H,6,15H2,1-5H3/t20-/m0/s1. The number of ether oxygens (including phenoxy) is 1. The summed E-state index contributed by atoms with van der Waals surface area (Å²) in [6, 6.07) is 15.1. The Morgan fingerprint density at radius 3 is 2.45 bits per heavy atom. The van der Waals surface area contributed by atoms with Crippen molar-refractivity contribution in [3.63, 3.8) is 0 Å². The van der Waals surface area contributed by atoms with E-state index < -0.39 is 6.10 Å². The van der Waals surface area contributed by atoms with Crippen molar-refractivity contribution in [3.8, 4) is 17.1 Å². The van der Waals surface area contributed by atoms with Crippen molar-refractivity contribution >= 4 is 17.5 Å². The summed E-state index contributed by atoms with van der Waals surface area (Å²) in [6.45, 7) is 8.57. The molecule has 0 aliphatic rings. The van der Waals surface area contributed by atoms with Gasteiger partial charge >= 0.3 is 0 Å². The fourth-order valence-corrected chi connectivity index (χ4v) is 3.32. The number of halogens is 1. The monoisotopic (exact) mass is 441 g/mol. The van der Waals surface area contributed by atoms with E-state index in [1.807, 2.05) is 49.4 Å². The minimum Gasteiger partial charge on any atom is -0.481 e. The molecular formula is C24H28ClN3O3. The molecule has 2 aromatic carbocycles. The molecule has 31 heavy (non-hydrogen) atoms. The first-order valence-electron chi connectivity index (χ1n) is 10.3. The van der Waals surface area contributed by atoms with Gasteiger partial charge < -0.3 is 14.2 Å². The van der Waals surface area contributed by atoms with Crippen LogP contribution in [0.25, 0.3) is 11.4 Å². The van der Waals surface area contributed by atoms with Gasteiger partial charge in [-0.05, 0) is 41.7 Å². The summed E-state index contributed by atoms with van der Waals surface area (Å²) in [5, 5.41) is 4.52. The highest BCUT2D eigenvalue weighted by molar-refractivity contribution is 6.33. The minimum atomic E-state index is -0.601. The quantitative estimate of drug-likeness (QED) is 0.484. The summed E-state index contributed by atoms with van der Waals surface area (Å²) in [7, 11) is 1.69. The normalized spacial score (nSPS) is 12.5. The Hall–Kier alpha value is -2.86. The number of amides is 1. The lowest BCUT2D eigenvalue weighted by Crippen LogP contribution is -2.39. The molecule has 0 spiro atoms. The maximum atomic E-state index is 12.9. The van der Waals surface area contributed by atoms with Gasteiger partial charge in [-0.1, -0.05) is 68.7 Å². The van der Waals surface area contributed by atoms with E-state index in [-0.39, 0.29) is 17.9 Å². The van der Waals surface area contributed by atoms with Crippen LogP contribution >= 0.6 is 11.6 Å². The van der Waals surface area contributed by atoms with Crippen LogP contribution in [-0.2, 0) is 16.8 Å². The number of benzene rings is 2. The molecule has 0 saturated carbocycles. The van der Waals surface area contributed by atoms with E-state index >= 15 is 0 Å². The van der Waals surface area contributed by atoms with Crippen molar-refractivity contribution in [2.24, 2.45) is 0 Å². The van der Waals surface area contributed by atoms with E-state index in [0.717, 1.165) is 0 Å². The van der Waals surface area contributed by atoms with Gasteiger partial charge in [-0.3, -0.25) is 4.79 Å². The zero-order chi connectivity index (χ0) is 22.6. The maximum absolute atomic E-state index is 12.9. The molecule has 1 amide bonds. The molecule has 0 bridgehead atoms. The van der Waals surface area contributed by atoms with Crippen molar-refractivity contribution in [1.82, 2.24) is 15.0 Å². The summed E-state index contributed by atoms with van der Waals surface area (Å²) >= 11 is 6.19. The molecule has 0 radical (unpaired) electrons. The van der Waals surface area contributed by atoms with Crippen molar-refractivity contribution in [2.75, 3.05) is 7.05 Å². The number of likely N-dealkylation sites (N-methyl/N-ethyl adjacent to an activating group) is 1. The number of carbonyl (C=O) groups is 1. The molecule has 1 atom stereocenters. The van der Waals surface area contributed by atoms with Crippen LogP contribution in [0.3, 0.4) is 0 Å². The third-order valence-electron chi connectivity index (χ3n) is 4.98. The van der Waals surface area contributed by atoms with E-state index in [1.165, 1.54) is 10.5 Å². The Labute approximate surface area is 188 Å². The van der Waals surface area contributed by atoms with Crippen LogP contribution < -0.4 is 4.74 Å². The molecule has 0 fully saturated rings. The summed E-state index contributed by atoms with van der Waals surface area (Å²) in [4.78, 5) is 18.8. The average Bonchev–Trinajstić information content (AvgIpc) is 3.19. The minimum absolute atomic E-state index is 0.0611. The van der Waals surface area contributed by atoms with E-state index in [2.05, 4.69) is 30.9 Å². The van der Waals surface area contributed by atoms with Crippen LogP contribution in [0, 0.1) is 0 Å². The van der Waals surface area contributed by atoms with Crippen LogP contribution in [-0.4, -0.2) is 34.1 Å². The molecule has 1 aromatic heterocycles. The third-order valence-corrected chi connectivity index (χ3v) is 5.31. The van der Waals surface area contributed by atoms with Crippen molar-refractivity contribution in [2.45, 2.75) is 52.2 Å². The smallest absolute Gasteiger partial charge is 0.263 e. The number of carbonyl (C=O) groups excluding carboxylic acids is 1. The highest BCUT2D eigenvalue weighted by atomic mass is 35.5. The molecule has 0 aliphatic carbocycles. The fourth-order valence-electron chi connectivity index (χ4n) is 3.10. The van der Waals surface area contributed by atoms with Gasteiger partial charge in [0.05, 0.1) is 11.6 Å². The summed E-state index contributed by atoms with van der Waals surface area (Å²) in [5.74, 6) is 1.24. The van der Waals surface area contributed by atoms with E-state index in [4.69, 9.17) is 20.9 Å². The van der Waals surface area contributed by atoms with Crippen LogP contribution in [0.2, 0.25) is 5.02 Å². The van der Waals surface area contributed by atoms with E-state index in [0.29, 0.717) is 34.5 Å². The molecular weight excluding hydrogens is 414 g/mol. The van der Waals surface area contributed by atoms with Gasteiger partial charge in [0, 0.05) is 12.6 Å². The fraction of sp³-hybridized carbons (Fsp3) is 0.375. The molecule has 3 aromatic rings. The lowest BCUT2D eigenvalue weighted by Gasteiger charge is -2.23. The Morgan fingerprint density at radius 2 is 1.84 bits per heavy atom. The molecule has 0 unspecified atom stereocenters. The first-order chi connectivity index (χ1) is 14.7. The third kappa shape index (κ3) is 5.64. The van der Waals surface area contributed by atoms with E-state index in [1.54, 1.807) is 13.1 Å². The van der Waals surface area contributed by atoms with Gasteiger partial charge in [0.1, 0.15) is 5.75 Å². The van der Waals surface area contributed by atoms with Crippen molar-refractivity contribution < 1.29 is 14.1 Å². The molecule has 0 aliphatic heterocycles. The predicted molar refractivity (Wildman–Crippen MR) is 121 cm³/mol. The molecule has 164 valence electrons. The predicted octanol–water partition coefficient (Wildman–Crippen LogP) is 5.50. The maximum Gasteiger partial charge on any atom is 0.263 e. The SMILES string of the molecule is CC[C@H](Oc1ccc(C(C)(C)C)cc1)C(=O)N(C)Cc1nc(-c2ccccc2Cl)no1. The van der Waals surface area contributed by atoms with Crippen LogP contribution in [0.5, 0.6) is 5.75 Å². The second-order valence-electron chi connectivity index (χ2n) is 8.47. The van der Waals surface area contributed by atoms with Gasteiger partial charge in [0.2, 0.25) is 11.7 Å². The van der Waals surface area contributed by atoms with Gasteiger partial charge in [-0.15, -0.1) is 0 Å². The molecule has 1 heterocycles. The van der Waals surface area contributed by atoms with Gasteiger partial charge in [0.15, 0.2) is 6.10 Å². The van der Waals surface area contributed by atoms with Crippen LogP contribution in [0.15, 0.2) is 53.1 Å². The molecule has 0 N–H and O–H groups in total. The lowest BCUT2D eigenvalue weighted by atomic mass is 9.87. The second-order valence-corrected chi connectivity index (χ2v) is 8.88. The largest absolute Gasteiger partial charge is 0.481 e. The van der Waals surface area contributed by atoms with Gasteiger partial charge in [0.25, 0.3) is 5.91 Å². The van der Waals surface area contributed by atoms with Gasteiger partial charge in [-0.2, -0.15) is 4.98 Å². The Balaban J connectivity index is 1.65. The summed E-state index contributed by atoms with van der Waals surface area (Å²) in [6.07, 6.45) is -0.0599. The molecule has 0 saturated heterocycles. The number of aromatic nitrogens is 2. The topological polar surface area (TPSA) is 68.5 Å². The zero-order valence-electron chi connectivity index (χ0n) is 18.6. The lowest BCUT2D eigenvalue weighted by molar-refractivity contribution is -0.138. The first kappa shape index (κ1) is 22.8. The molecule has 3 rings (SSSR count). The van der Waals surface area contributed by atoms with Crippen LogP contribution in [0.1, 0.15) is 45.6 Å². The molecule has 7 heteroatoms. The Bertz CT molecular complexity index is 1030. The average molecular weight is 442 g/mol. The van der Waals surface area contributed by atoms with Crippen molar-refractivity contribution in [3.05, 3.63) is 65.0 Å². The number of rotatable bonds is 7. The number of hydrogen-bond donors (Lipinski definition) is 0. The second kappa shape index (κ2) is 9.52. The van der Waals surface area contributed by atoms with Gasteiger partial charge in [-0.25, -0.2) is 0 Å². The Kier molecular flexibility index (Phi) is 7.01.